The second kappa shape index (κ2) is 6.59. The van der Waals surface area contributed by atoms with Crippen molar-refractivity contribution >= 4 is 11.9 Å². The molecule has 0 radical (unpaired) electrons. The molecule has 0 heterocycles. The number of para-hydroxylation sites is 1. The molecule has 0 bridgehead atoms. The third kappa shape index (κ3) is 4.41. The van der Waals surface area contributed by atoms with Crippen molar-refractivity contribution in [1.29, 1.82) is 0 Å². The van der Waals surface area contributed by atoms with Crippen LogP contribution in [0.25, 0.3) is 0 Å². The SMILES string of the molecule is C=C(C)C(=O)Oc1ccccc1CCCC(=O)O. The Morgan fingerprint density at radius 1 is 1.33 bits per heavy atom. The fraction of sp³-hybridized carbons (Fsp3) is 0.286. The van der Waals surface area contributed by atoms with Crippen LogP contribution in [-0.4, -0.2) is 17.0 Å². The second-order valence-electron chi connectivity index (χ2n) is 4.02. The molecule has 1 N–H and O–H groups in total. The van der Waals surface area contributed by atoms with Gasteiger partial charge in [-0.25, -0.2) is 4.79 Å². The average molecular weight is 248 g/mol. The molecule has 1 rings (SSSR count). The Labute approximate surface area is 106 Å². The van der Waals surface area contributed by atoms with E-state index in [0.29, 0.717) is 24.2 Å². The number of carboxylic acid groups (broad SMARTS) is 1. The van der Waals surface area contributed by atoms with Crippen LogP contribution in [0, 0.1) is 0 Å². The number of benzene rings is 1. The van der Waals surface area contributed by atoms with Gasteiger partial charge in [0.05, 0.1) is 0 Å². The molecule has 0 aliphatic carbocycles. The van der Waals surface area contributed by atoms with Gasteiger partial charge in [-0.15, -0.1) is 0 Å². The molecule has 0 amide bonds. The normalized spacial score (nSPS) is 9.83. The number of rotatable bonds is 6. The van der Waals surface area contributed by atoms with Crippen LogP contribution in [0.2, 0.25) is 0 Å². The molecule has 1 aromatic carbocycles. The molecule has 4 heteroatoms. The van der Waals surface area contributed by atoms with Crippen molar-refractivity contribution in [3.63, 3.8) is 0 Å². The van der Waals surface area contributed by atoms with E-state index in [-0.39, 0.29) is 6.42 Å². The highest BCUT2D eigenvalue weighted by Gasteiger charge is 2.09. The van der Waals surface area contributed by atoms with Gasteiger partial charge in [0.1, 0.15) is 5.75 Å². The van der Waals surface area contributed by atoms with Crippen LogP contribution in [0.5, 0.6) is 5.75 Å². The Morgan fingerprint density at radius 2 is 2.00 bits per heavy atom. The van der Waals surface area contributed by atoms with Gasteiger partial charge in [-0.1, -0.05) is 24.8 Å². The molecule has 4 nitrogen and oxygen atoms in total. The molecular formula is C14H16O4. The summed E-state index contributed by atoms with van der Waals surface area (Å²) >= 11 is 0. The van der Waals surface area contributed by atoms with Crippen LogP contribution in [0.15, 0.2) is 36.4 Å². The summed E-state index contributed by atoms with van der Waals surface area (Å²) in [7, 11) is 0. The van der Waals surface area contributed by atoms with E-state index in [1.54, 1.807) is 19.1 Å². The van der Waals surface area contributed by atoms with Gasteiger partial charge in [0, 0.05) is 12.0 Å². The van der Waals surface area contributed by atoms with Crippen LogP contribution < -0.4 is 4.74 Å². The van der Waals surface area contributed by atoms with Gasteiger partial charge in [0.2, 0.25) is 0 Å². The van der Waals surface area contributed by atoms with Gasteiger partial charge >= 0.3 is 11.9 Å². The van der Waals surface area contributed by atoms with E-state index in [0.717, 1.165) is 5.56 Å². The van der Waals surface area contributed by atoms with E-state index in [9.17, 15) is 9.59 Å². The van der Waals surface area contributed by atoms with Crippen LogP contribution >= 0.6 is 0 Å². The summed E-state index contributed by atoms with van der Waals surface area (Å²) in [6.45, 7) is 5.09. The summed E-state index contributed by atoms with van der Waals surface area (Å²) in [5, 5.41) is 8.58. The quantitative estimate of drug-likeness (QED) is 0.477. The van der Waals surface area contributed by atoms with E-state index in [1.807, 2.05) is 12.1 Å². The minimum Gasteiger partial charge on any atom is -0.481 e. The first-order valence-electron chi connectivity index (χ1n) is 5.68. The minimum atomic E-state index is -0.827. The molecule has 0 spiro atoms. The Balaban J connectivity index is 2.70. The second-order valence-corrected chi connectivity index (χ2v) is 4.02. The lowest BCUT2D eigenvalue weighted by Gasteiger charge is -2.09. The lowest BCUT2D eigenvalue weighted by atomic mass is 10.1. The number of esters is 1. The molecule has 18 heavy (non-hydrogen) atoms. The van der Waals surface area contributed by atoms with E-state index < -0.39 is 11.9 Å². The molecule has 0 saturated carbocycles. The molecule has 1 aromatic rings. The Bertz CT molecular complexity index is 463. The van der Waals surface area contributed by atoms with Crippen molar-refractivity contribution in [2.24, 2.45) is 0 Å². The lowest BCUT2D eigenvalue weighted by Crippen LogP contribution is -2.09. The van der Waals surface area contributed by atoms with Crippen molar-refractivity contribution in [3.05, 3.63) is 42.0 Å². The smallest absolute Gasteiger partial charge is 0.338 e. The van der Waals surface area contributed by atoms with Gasteiger partial charge < -0.3 is 9.84 Å². The van der Waals surface area contributed by atoms with Gasteiger partial charge in [0.25, 0.3) is 0 Å². The Hall–Kier alpha value is -2.10. The van der Waals surface area contributed by atoms with Crippen LogP contribution in [0.3, 0.4) is 0 Å². The van der Waals surface area contributed by atoms with Crippen molar-refractivity contribution in [3.8, 4) is 5.75 Å². The molecule has 96 valence electrons. The molecule has 0 atom stereocenters. The molecule has 0 aliphatic rings. The van der Waals surface area contributed by atoms with Crippen molar-refractivity contribution in [2.75, 3.05) is 0 Å². The zero-order chi connectivity index (χ0) is 13.5. The number of aryl methyl sites for hydroxylation is 1. The standard InChI is InChI=1S/C14H16O4/c1-10(2)14(17)18-12-8-4-3-6-11(12)7-5-9-13(15)16/h3-4,6,8H,1,5,7,9H2,2H3,(H,15,16). The summed E-state index contributed by atoms with van der Waals surface area (Å²) in [6, 6.07) is 7.11. The fourth-order valence-corrected chi connectivity index (χ4v) is 1.43. The number of ether oxygens (including phenoxy) is 1. The minimum absolute atomic E-state index is 0.1000. The van der Waals surface area contributed by atoms with Crippen LogP contribution in [0.1, 0.15) is 25.3 Å². The average Bonchev–Trinajstić information content (AvgIpc) is 2.30. The fourth-order valence-electron chi connectivity index (χ4n) is 1.43. The summed E-state index contributed by atoms with van der Waals surface area (Å²) in [4.78, 5) is 21.9. The molecular weight excluding hydrogens is 232 g/mol. The highest BCUT2D eigenvalue weighted by Crippen LogP contribution is 2.21. The Morgan fingerprint density at radius 3 is 2.61 bits per heavy atom. The first-order valence-corrected chi connectivity index (χ1v) is 5.68. The molecule has 0 aromatic heterocycles. The molecule has 0 unspecified atom stereocenters. The van der Waals surface area contributed by atoms with Gasteiger partial charge in [-0.2, -0.15) is 0 Å². The maximum atomic E-state index is 11.4. The van der Waals surface area contributed by atoms with E-state index in [1.165, 1.54) is 0 Å². The first kappa shape index (κ1) is 14.0. The number of carbonyl (C=O) groups is 2. The molecule has 0 fully saturated rings. The lowest BCUT2D eigenvalue weighted by molar-refractivity contribution is -0.137. The van der Waals surface area contributed by atoms with E-state index >= 15 is 0 Å². The maximum absolute atomic E-state index is 11.4. The monoisotopic (exact) mass is 248 g/mol. The third-order valence-electron chi connectivity index (χ3n) is 2.36. The van der Waals surface area contributed by atoms with E-state index in [4.69, 9.17) is 9.84 Å². The van der Waals surface area contributed by atoms with Crippen LogP contribution in [0.4, 0.5) is 0 Å². The van der Waals surface area contributed by atoms with Crippen molar-refractivity contribution in [1.82, 2.24) is 0 Å². The predicted molar refractivity (Wildman–Crippen MR) is 67.5 cm³/mol. The van der Waals surface area contributed by atoms with Gasteiger partial charge in [0.15, 0.2) is 0 Å². The number of hydrogen-bond donors (Lipinski definition) is 1. The summed E-state index contributed by atoms with van der Waals surface area (Å²) in [5.74, 6) is -0.831. The zero-order valence-electron chi connectivity index (χ0n) is 10.3. The molecule has 0 aliphatic heterocycles. The summed E-state index contributed by atoms with van der Waals surface area (Å²) in [5.41, 5.74) is 1.16. The first-order chi connectivity index (χ1) is 8.50. The third-order valence-corrected chi connectivity index (χ3v) is 2.36. The van der Waals surface area contributed by atoms with E-state index in [2.05, 4.69) is 6.58 Å². The Kier molecular flexibility index (Phi) is 5.11. The van der Waals surface area contributed by atoms with Gasteiger partial charge in [-0.05, 0) is 31.4 Å². The van der Waals surface area contributed by atoms with Gasteiger partial charge in [-0.3, -0.25) is 4.79 Å². The number of carboxylic acids is 1. The maximum Gasteiger partial charge on any atom is 0.338 e. The molecule has 0 saturated heterocycles. The number of aliphatic carboxylic acids is 1. The highest BCUT2D eigenvalue weighted by atomic mass is 16.5. The number of hydrogen-bond acceptors (Lipinski definition) is 3. The zero-order valence-corrected chi connectivity index (χ0v) is 10.3. The largest absolute Gasteiger partial charge is 0.481 e. The predicted octanol–water partition coefficient (Wildman–Crippen LogP) is 2.58. The highest BCUT2D eigenvalue weighted by molar-refractivity contribution is 5.88. The van der Waals surface area contributed by atoms with Crippen molar-refractivity contribution < 1.29 is 19.4 Å². The van der Waals surface area contributed by atoms with Crippen LogP contribution in [-0.2, 0) is 16.0 Å². The number of carbonyl (C=O) groups excluding carboxylic acids is 1. The summed E-state index contributed by atoms with van der Waals surface area (Å²) < 4.78 is 5.18. The van der Waals surface area contributed by atoms with Crippen molar-refractivity contribution in [2.45, 2.75) is 26.2 Å². The summed E-state index contributed by atoms with van der Waals surface area (Å²) in [6.07, 6.45) is 1.17. The topological polar surface area (TPSA) is 63.6 Å².